The van der Waals surface area contributed by atoms with Crippen LogP contribution in [0.2, 0.25) is 0 Å². The smallest absolute Gasteiger partial charge is 0.123 e. The van der Waals surface area contributed by atoms with Gasteiger partial charge in [-0.2, -0.15) is 0 Å². The van der Waals surface area contributed by atoms with Crippen molar-refractivity contribution < 1.29 is 9.84 Å². The van der Waals surface area contributed by atoms with Gasteiger partial charge < -0.3 is 15.2 Å². The van der Waals surface area contributed by atoms with Gasteiger partial charge >= 0.3 is 0 Å². The van der Waals surface area contributed by atoms with Gasteiger partial charge in [-0.3, -0.25) is 0 Å². The second-order valence-corrected chi connectivity index (χ2v) is 11.2. The van der Waals surface area contributed by atoms with E-state index in [0.29, 0.717) is 5.75 Å². The molecule has 29 heavy (non-hydrogen) atoms. The maximum atomic E-state index is 11.1. The Bertz CT molecular complexity index is 825. The Labute approximate surface area is 180 Å². The molecule has 1 aliphatic heterocycles. The molecular formula is C25H35NO2S. The van der Waals surface area contributed by atoms with Crippen molar-refractivity contribution in [2.24, 2.45) is 0 Å². The maximum absolute atomic E-state index is 11.1. The number of allylic oxidation sites excluding steroid dienone is 3. The van der Waals surface area contributed by atoms with Crippen LogP contribution in [0.25, 0.3) is 0 Å². The Kier molecular flexibility index (Phi) is 6.11. The van der Waals surface area contributed by atoms with Crippen LogP contribution in [0.4, 0.5) is 0 Å². The number of hydrogen-bond donors (Lipinski definition) is 2. The van der Waals surface area contributed by atoms with Crippen molar-refractivity contribution in [2.75, 3.05) is 19.5 Å². The fraction of sp³-hybridized carbons (Fsp3) is 0.520. The third-order valence-electron chi connectivity index (χ3n) is 5.73. The number of aromatic hydroxyl groups is 1. The second-order valence-electron chi connectivity index (χ2n) is 10.1. The van der Waals surface area contributed by atoms with Gasteiger partial charge in [-0.15, -0.1) is 11.8 Å². The van der Waals surface area contributed by atoms with Crippen LogP contribution in [-0.4, -0.2) is 24.6 Å². The predicted octanol–water partition coefficient (Wildman–Crippen LogP) is 5.89. The molecule has 1 aromatic rings. The number of phenolic OH excluding ortho intramolecular Hbond substituents is 1. The van der Waals surface area contributed by atoms with E-state index in [9.17, 15) is 5.11 Å². The first-order chi connectivity index (χ1) is 13.5. The van der Waals surface area contributed by atoms with E-state index in [1.54, 1.807) is 7.11 Å². The minimum absolute atomic E-state index is 0.166. The molecule has 4 heteroatoms. The van der Waals surface area contributed by atoms with Crippen LogP contribution in [0.3, 0.4) is 0 Å². The lowest BCUT2D eigenvalue weighted by Crippen LogP contribution is -2.30. The molecule has 0 amide bonds. The van der Waals surface area contributed by atoms with Gasteiger partial charge in [0.05, 0.1) is 0 Å². The van der Waals surface area contributed by atoms with Gasteiger partial charge in [0.25, 0.3) is 0 Å². The molecule has 1 aliphatic carbocycles. The average molecular weight is 414 g/mol. The molecule has 1 unspecified atom stereocenters. The summed E-state index contributed by atoms with van der Waals surface area (Å²) in [6.07, 6.45) is 9.51. The van der Waals surface area contributed by atoms with Gasteiger partial charge in [0.15, 0.2) is 0 Å². The summed E-state index contributed by atoms with van der Waals surface area (Å²) in [6.45, 7) is 13.8. The number of rotatable bonds is 3. The van der Waals surface area contributed by atoms with Crippen LogP contribution in [0.5, 0.6) is 5.75 Å². The van der Waals surface area contributed by atoms with Gasteiger partial charge in [0.1, 0.15) is 11.4 Å². The molecule has 1 saturated heterocycles. The van der Waals surface area contributed by atoms with Crippen molar-refractivity contribution in [3.05, 3.63) is 63.6 Å². The average Bonchev–Trinajstić information content (AvgIpc) is 3.13. The van der Waals surface area contributed by atoms with E-state index in [4.69, 9.17) is 4.74 Å². The van der Waals surface area contributed by atoms with Crippen molar-refractivity contribution in [1.82, 2.24) is 5.32 Å². The van der Waals surface area contributed by atoms with Gasteiger partial charge in [-0.05, 0) is 57.4 Å². The molecule has 3 rings (SSSR count). The summed E-state index contributed by atoms with van der Waals surface area (Å²) in [4.78, 5) is 1.37. The maximum Gasteiger partial charge on any atom is 0.123 e. The van der Waals surface area contributed by atoms with E-state index in [0.717, 1.165) is 35.5 Å². The highest BCUT2D eigenvalue weighted by Crippen LogP contribution is 2.45. The molecule has 0 spiro atoms. The Morgan fingerprint density at radius 2 is 1.72 bits per heavy atom. The molecule has 1 heterocycles. The molecule has 158 valence electrons. The van der Waals surface area contributed by atoms with Crippen LogP contribution in [-0.2, 0) is 21.2 Å². The zero-order chi connectivity index (χ0) is 21.4. The minimum Gasteiger partial charge on any atom is -0.507 e. The number of thioether (sulfide) groups is 1. The number of benzene rings is 1. The topological polar surface area (TPSA) is 41.5 Å². The van der Waals surface area contributed by atoms with E-state index in [-0.39, 0.29) is 10.8 Å². The first-order valence-electron chi connectivity index (χ1n) is 10.3. The molecule has 2 N–H and O–H groups in total. The number of phenols is 1. The third kappa shape index (κ3) is 4.65. The molecule has 0 saturated carbocycles. The van der Waals surface area contributed by atoms with Crippen LogP contribution >= 0.6 is 11.8 Å². The summed E-state index contributed by atoms with van der Waals surface area (Å²) in [6, 6.07) is 4.28. The summed E-state index contributed by atoms with van der Waals surface area (Å²) >= 11 is 1.86. The molecule has 0 bridgehead atoms. The summed E-state index contributed by atoms with van der Waals surface area (Å²) in [5, 5.41) is 14.5. The summed E-state index contributed by atoms with van der Waals surface area (Å²) in [7, 11) is 1.78. The van der Waals surface area contributed by atoms with Crippen molar-refractivity contribution >= 4 is 11.8 Å². The second kappa shape index (κ2) is 7.98. The molecule has 1 atom stereocenters. The zero-order valence-electron chi connectivity index (χ0n) is 18.8. The van der Waals surface area contributed by atoms with Crippen LogP contribution in [0.1, 0.15) is 64.7 Å². The standard InChI is InChI=1S/C25H35NO2S/c1-23(2,3)20-12-18(13-21(22(20)27)24(4,5)6)25(28-7)10-8-9-17(14-25)11-19-15-26-16-29-19/h8-13,26-27H,14-16H2,1-7H3. The normalized spacial score (nSPS) is 24.2. The molecule has 0 aromatic heterocycles. The van der Waals surface area contributed by atoms with E-state index < -0.39 is 5.60 Å². The highest BCUT2D eigenvalue weighted by Gasteiger charge is 2.36. The van der Waals surface area contributed by atoms with Gasteiger partial charge in [0.2, 0.25) is 0 Å². The quantitative estimate of drug-likeness (QED) is 0.648. The summed E-state index contributed by atoms with van der Waals surface area (Å²) in [5.41, 5.74) is 3.43. The summed E-state index contributed by atoms with van der Waals surface area (Å²) < 4.78 is 6.17. The first kappa shape index (κ1) is 22.2. The Hall–Kier alpha value is -1.49. The molecule has 2 aliphatic rings. The fourth-order valence-electron chi connectivity index (χ4n) is 3.99. The SMILES string of the molecule is COC1(c2cc(C(C)(C)C)c(O)c(C(C)(C)C)c2)C=CC=C(C=C2CNCS2)C1. The lowest BCUT2D eigenvalue weighted by Gasteiger charge is -2.36. The monoisotopic (exact) mass is 413 g/mol. The largest absolute Gasteiger partial charge is 0.507 e. The van der Waals surface area contributed by atoms with E-state index >= 15 is 0 Å². The molecule has 1 aromatic carbocycles. The Balaban J connectivity index is 2.11. The van der Waals surface area contributed by atoms with E-state index in [2.05, 4.69) is 83.3 Å². The number of ether oxygens (including phenoxy) is 1. The highest BCUT2D eigenvalue weighted by molar-refractivity contribution is 8.03. The van der Waals surface area contributed by atoms with Crippen molar-refractivity contribution in [3.63, 3.8) is 0 Å². The lowest BCUT2D eigenvalue weighted by atomic mass is 9.74. The lowest BCUT2D eigenvalue weighted by molar-refractivity contribution is 0.0287. The van der Waals surface area contributed by atoms with Gasteiger partial charge in [-0.25, -0.2) is 0 Å². The molecule has 0 radical (unpaired) electrons. The van der Waals surface area contributed by atoms with Gasteiger partial charge in [-0.1, -0.05) is 53.7 Å². The van der Waals surface area contributed by atoms with Crippen molar-refractivity contribution in [1.29, 1.82) is 0 Å². The van der Waals surface area contributed by atoms with Crippen LogP contribution in [0, 0.1) is 0 Å². The number of methoxy groups -OCH3 is 1. The molecular weight excluding hydrogens is 378 g/mol. The fourth-order valence-corrected chi connectivity index (χ4v) is 4.82. The third-order valence-corrected chi connectivity index (χ3v) is 6.71. The molecule has 3 nitrogen and oxygen atoms in total. The number of hydrogen-bond acceptors (Lipinski definition) is 4. The predicted molar refractivity (Wildman–Crippen MR) is 125 cm³/mol. The minimum atomic E-state index is -0.536. The highest BCUT2D eigenvalue weighted by atomic mass is 32.2. The van der Waals surface area contributed by atoms with Crippen LogP contribution in [0.15, 0.2) is 46.9 Å². The van der Waals surface area contributed by atoms with Gasteiger partial charge in [0, 0.05) is 30.9 Å². The van der Waals surface area contributed by atoms with E-state index in [1.807, 2.05) is 11.8 Å². The Morgan fingerprint density at radius 3 is 2.21 bits per heavy atom. The molecule has 1 fully saturated rings. The zero-order valence-corrected chi connectivity index (χ0v) is 19.7. The Morgan fingerprint density at radius 1 is 1.10 bits per heavy atom. The van der Waals surface area contributed by atoms with E-state index in [1.165, 1.54) is 10.5 Å². The first-order valence-corrected chi connectivity index (χ1v) is 11.3. The van der Waals surface area contributed by atoms with Crippen molar-refractivity contribution in [2.45, 2.75) is 64.4 Å². The summed E-state index contributed by atoms with van der Waals surface area (Å²) in [5.74, 6) is 1.39. The van der Waals surface area contributed by atoms with Crippen LogP contribution < -0.4 is 5.32 Å². The van der Waals surface area contributed by atoms with Crippen molar-refractivity contribution in [3.8, 4) is 5.75 Å². The number of nitrogens with one attached hydrogen (secondary N) is 1.